The first kappa shape index (κ1) is 26.4. The molecular formula is C28H36ClN5O5. The van der Waals surface area contributed by atoms with E-state index < -0.39 is 17.9 Å². The maximum Gasteiger partial charge on any atom is 0.434 e. The zero-order chi connectivity index (χ0) is 27.1. The van der Waals surface area contributed by atoms with Gasteiger partial charge in [-0.05, 0) is 55.2 Å². The molecule has 39 heavy (non-hydrogen) atoms. The summed E-state index contributed by atoms with van der Waals surface area (Å²) in [6.07, 6.45) is 3.55. The molecule has 4 amide bonds. The molecule has 210 valence electrons. The van der Waals surface area contributed by atoms with Crippen LogP contribution in [0.4, 0.5) is 10.5 Å². The van der Waals surface area contributed by atoms with Crippen LogP contribution in [0.15, 0.2) is 18.2 Å². The Kier molecular flexibility index (Phi) is 7.41. The minimum absolute atomic E-state index is 0.0910. The quantitative estimate of drug-likeness (QED) is 0.514. The number of likely N-dealkylation sites (tertiary alicyclic amines) is 3. The van der Waals surface area contributed by atoms with Crippen molar-refractivity contribution in [3.8, 4) is 0 Å². The van der Waals surface area contributed by atoms with Gasteiger partial charge in [0.25, 0.3) is 11.8 Å². The minimum atomic E-state index is -0.619. The first-order valence-electron chi connectivity index (χ1n) is 14.2. The van der Waals surface area contributed by atoms with Crippen molar-refractivity contribution < 1.29 is 24.0 Å². The summed E-state index contributed by atoms with van der Waals surface area (Å²) < 4.78 is 0. The van der Waals surface area contributed by atoms with Gasteiger partial charge in [-0.2, -0.15) is 0 Å². The molecule has 11 heteroatoms. The molecule has 2 atom stereocenters. The molecule has 2 unspecified atom stereocenters. The predicted molar refractivity (Wildman–Crippen MR) is 144 cm³/mol. The molecule has 0 aliphatic carbocycles. The number of piperidine rings is 1. The number of hydroxylamine groups is 2. The molecule has 5 heterocycles. The van der Waals surface area contributed by atoms with E-state index in [1.54, 1.807) is 4.90 Å². The number of amides is 4. The second-order valence-corrected chi connectivity index (χ2v) is 12.1. The van der Waals surface area contributed by atoms with E-state index in [4.69, 9.17) is 16.4 Å². The van der Waals surface area contributed by atoms with Crippen LogP contribution in [0.25, 0.3) is 0 Å². The van der Waals surface area contributed by atoms with Crippen molar-refractivity contribution >= 4 is 41.1 Å². The average molecular weight is 558 g/mol. The zero-order valence-corrected chi connectivity index (χ0v) is 23.0. The molecule has 1 aromatic carbocycles. The van der Waals surface area contributed by atoms with E-state index in [0.29, 0.717) is 40.9 Å². The highest BCUT2D eigenvalue weighted by Gasteiger charge is 2.44. The van der Waals surface area contributed by atoms with Gasteiger partial charge in [0, 0.05) is 88.4 Å². The lowest BCUT2D eigenvalue weighted by molar-refractivity contribution is -0.173. The van der Waals surface area contributed by atoms with Crippen LogP contribution in [-0.4, -0.2) is 95.9 Å². The fraction of sp³-hybridized carbons (Fsp3) is 0.643. The van der Waals surface area contributed by atoms with E-state index in [2.05, 4.69) is 21.9 Å². The Morgan fingerprint density at radius 3 is 2.15 bits per heavy atom. The smallest absolute Gasteiger partial charge is 0.371 e. The van der Waals surface area contributed by atoms with Crippen LogP contribution in [0, 0.1) is 17.8 Å². The Hall–Kier alpha value is -2.85. The Morgan fingerprint density at radius 2 is 1.51 bits per heavy atom. The first-order chi connectivity index (χ1) is 18.9. The summed E-state index contributed by atoms with van der Waals surface area (Å²) in [6, 6.07) is 6.11. The van der Waals surface area contributed by atoms with Crippen LogP contribution in [0.1, 0.15) is 44.1 Å². The lowest BCUT2D eigenvalue weighted by Crippen LogP contribution is -2.42. The molecule has 5 fully saturated rings. The van der Waals surface area contributed by atoms with Gasteiger partial charge in [-0.15, -0.1) is 5.06 Å². The van der Waals surface area contributed by atoms with Crippen molar-refractivity contribution in [2.24, 2.45) is 17.8 Å². The third kappa shape index (κ3) is 5.45. The van der Waals surface area contributed by atoms with Crippen LogP contribution < -0.4 is 4.90 Å². The van der Waals surface area contributed by atoms with Crippen molar-refractivity contribution in [2.45, 2.75) is 45.1 Å². The number of rotatable bonds is 5. The van der Waals surface area contributed by atoms with Crippen molar-refractivity contribution in [3.05, 3.63) is 28.8 Å². The molecule has 0 saturated carbocycles. The molecule has 0 spiro atoms. The van der Waals surface area contributed by atoms with Gasteiger partial charge < -0.3 is 19.5 Å². The van der Waals surface area contributed by atoms with E-state index >= 15 is 0 Å². The summed E-state index contributed by atoms with van der Waals surface area (Å²) in [4.78, 5) is 62.6. The standard InChI is InChI=1S/C28H36ClN5O5/c29-23-4-3-20(24(13-23)31-11-7-19(8-12-31)27(37)32-9-1-2-10-32)14-30-15-21-17-33(18-22(21)16-30)28(38)39-34-25(35)5-6-26(34)36/h3-4,13,19,21-22H,1-2,5-12,14-18H2. The molecule has 6 rings (SSSR count). The van der Waals surface area contributed by atoms with E-state index in [1.165, 1.54) is 5.56 Å². The highest BCUT2D eigenvalue weighted by molar-refractivity contribution is 6.30. The van der Waals surface area contributed by atoms with Crippen LogP contribution in [0.5, 0.6) is 0 Å². The second-order valence-electron chi connectivity index (χ2n) is 11.6. The van der Waals surface area contributed by atoms with Gasteiger partial charge in [-0.25, -0.2) is 4.79 Å². The summed E-state index contributed by atoms with van der Waals surface area (Å²) in [6.45, 7) is 7.16. The largest absolute Gasteiger partial charge is 0.434 e. The molecule has 0 N–H and O–H groups in total. The number of hydrogen-bond donors (Lipinski definition) is 0. The van der Waals surface area contributed by atoms with Gasteiger partial charge in [-0.3, -0.25) is 19.3 Å². The van der Waals surface area contributed by atoms with Crippen LogP contribution in [0.2, 0.25) is 5.02 Å². The van der Waals surface area contributed by atoms with Crippen LogP contribution in [-0.2, 0) is 25.8 Å². The molecule has 1 aromatic rings. The first-order valence-corrected chi connectivity index (χ1v) is 14.6. The fourth-order valence-corrected chi connectivity index (χ4v) is 7.10. The fourth-order valence-electron chi connectivity index (χ4n) is 6.93. The van der Waals surface area contributed by atoms with E-state index in [0.717, 1.165) is 77.2 Å². The molecular weight excluding hydrogens is 522 g/mol. The predicted octanol–water partition coefficient (Wildman–Crippen LogP) is 2.74. The van der Waals surface area contributed by atoms with Crippen molar-refractivity contribution in [1.82, 2.24) is 19.8 Å². The zero-order valence-electron chi connectivity index (χ0n) is 22.2. The molecule has 0 bridgehead atoms. The lowest BCUT2D eigenvalue weighted by Gasteiger charge is -2.36. The molecule has 5 saturated heterocycles. The average Bonchev–Trinajstić information content (AvgIpc) is 3.72. The number of benzene rings is 1. The van der Waals surface area contributed by atoms with Crippen LogP contribution >= 0.6 is 11.6 Å². The summed E-state index contributed by atoms with van der Waals surface area (Å²) in [5.74, 6) is 0.186. The number of halogens is 1. The Bertz CT molecular complexity index is 1120. The summed E-state index contributed by atoms with van der Waals surface area (Å²) >= 11 is 6.42. The monoisotopic (exact) mass is 557 g/mol. The highest BCUT2D eigenvalue weighted by Crippen LogP contribution is 2.35. The van der Waals surface area contributed by atoms with Crippen molar-refractivity contribution in [1.29, 1.82) is 0 Å². The second kappa shape index (κ2) is 11.0. The van der Waals surface area contributed by atoms with Crippen molar-refractivity contribution in [3.63, 3.8) is 0 Å². The maximum atomic E-state index is 12.9. The highest BCUT2D eigenvalue weighted by atomic mass is 35.5. The van der Waals surface area contributed by atoms with Gasteiger partial charge in [-0.1, -0.05) is 17.7 Å². The lowest BCUT2D eigenvalue weighted by atomic mass is 9.94. The molecule has 0 aromatic heterocycles. The number of hydrogen-bond acceptors (Lipinski definition) is 7. The SMILES string of the molecule is O=C(ON1C(=O)CCC1=O)N1CC2CN(Cc3ccc(Cl)cc3N3CCC(C(=O)N4CCCC4)CC3)CC2C1. The number of imide groups is 1. The van der Waals surface area contributed by atoms with Gasteiger partial charge in [0.2, 0.25) is 5.91 Å². The van der Waals surface area contributed by atoms with Crippen molar-refractivity contribution in [2.75, 3.05) is 57.3 Å². The van der Waals surface area contributed by atoms with Gasteiger partial charge in [0.15, 0.2) is 0 Å². The minimum Gasteiger partial charge on any atom is -0.371 e. The number of anilines is 1. The number of nitrogens with zero attached hydrogens (tertiary/aromatic N) is 5. The number of carbonyl (C=O) groups is 4. The third-order valence-electron chi connectivity index (χ3n) is 9.04. The maximum absolute atomic E-state index is 12.9. The topological polar surface area (TPSA) is 93.7 Å². The van der Waals surface area contributed by atoms with Crippen LogP contribution in [0.3, 0.4) is 0 Å². The molecule has 0 radical (unpaired) electrons. The Morgan fingerprint density at radius 1 is 0.872 bits per heavy atom. The number of carbonyl (C=O) groups excluding carboxylic acids is 4. The molecule has 10 nitrogen and oxygen atoms in total. The Balaban J connectivity index is 1.03. The summed E-state index contributed by atoms with van der Waals surface area (Å²) in [7, 11) is 0. The normalized spacial score (nSPS) is 26.2. The molecule has 5 aliphatic heterocycles. The summed E-state index contributed by atoms with van der Waals surface area (Å²) in [5.41, 5.74) is 2.38. The van der Waals surface area contributed by atoms with E-state index in [-0.39, 0.29) is 18.8 Å². The Labute approximate surface area is 233 Å². The molecule has 5 aliphatic rings. The van der Waals surface area contributed by atoms with Gasteiger partial charge in [0.1, 0.15) is 0 Å². The summed E-state index contributed by atoms with van der Waals surface area (Å²) in [5, 5.41) is 1.34. The van der Waals surface area contributed by atoms with Gasteiger partial charge >= 0.3 is 6.09 Å². The van der Waals surface area contributed by atoms with E-state index in [1.807, 2.05) is 11.0 Å². The van der Waals surface area contributed by atoms with E-state index in [9.17, 15) is 19.2 Å². The number of fused-ring (bicyclic) bond motifs is 1. The third-order valence-corrected chi connectivity index (χ3v) is 9.27. The van der Waals surface area contributed by atoms with Gasteiger partial charge in [0.05, 0.1) is 0 Å².